The Morgan fingerprint density at radius 3 is 2.76 bits per heavy atom. The lowest BCUT2D eigenvalue weighted by molar-refractivity contribution is -0.145. The van der Waals surface area contributed by atoms with Crippen LogP contribution in [0.3, 0.4) is 0 Å². The maximum atomic E-state index is 11.5. The summed E-state index contributed by atoms with van der Waals surface area (Å²) in [7, 11) is 0. The molecule has 0 saturated heterocycles. The van der Waals surface area contributed by atoms with E-state index in [2.05, 4.69) is 0 Å². The lowest BCUT2D eigenvalue weighted by Crippen LogP contribution is -2.29. The first-order valence-electron chi connectivity index (χ1n) is 5.64. The third kappa shape index (κ3) is 5.20. The monoisotopic (exact) mass is 255 g/mol. The molecular formula is C13H18ClNO2. The van der Waals surface area contributed by atoms with Crippen molar-refractivity contribution in [2.45, 2.75) is 32.9 Å². The molecule has 3 nitrogen and oxygen atoms in total. The topological polar surface area (TPSA) is 52.3 Å². The predicted octanol–water partition coefficient (Wildman–Crippen LogP) is 2.76. The molecule has 1 aromatic carbocycles. The minimum atomic E-state index is -0.272. The number of hydrogen-bond donors (Lipinski definition) is 1. The second-order valence-electron chi connectivity index (χ2n) is 4.40. The summed E-state index contributed by atoms with van der Waals surface area (Å²) in [6.07, 6.45) is 0.248. The third-order valence-electron chi connectivity index (χ3n) is 2.55. The molecule has 17 heavy (non-hydrogen) atoms. The van der Waals surface area contributed by atoms with Gasteiger partial charge in [-0.25, -0.2) is 0 Å². The van der Waals surface area contributed by atoms with Crippen LogP contribution in [0.25, 0.3) is 0 Å². The Morgan fingerprint density at radius 1 is 1.47 bits per heavy atom. The molecule has 4 heteroatoms. The molecule has 0 bridgehead atoms. The highest BCUT2D eigenvalue weighted by molar-refractivity contribution is 6.30. The van der Waals surface area contributed by atoms with E-state index < -0.39 is 0 Å². The number of halogens is 1. The maximum Gasteiger partial charge on any atom is 0.307 e. The van der Waals surface area contributed by atoms with Crippen molar-refractivity contribution in [1.29, 1.82) is 0 Å². The van der Waals surface area contributed by atoms with E-state index in [-0.39, 0.29) is 31.0 Å². The van der Waals surface area contributed by atoms with Crippen molar-refractivity contribution in [3.8, 4) is 0 Å². The summed E-state index contributed by atoms with van der Waals surface area (Å²) in [5.74, 6) is -0.0000970. The van der Waals surface area contributed by atoms with Crippen LogP contribution in [0.1, 0.15) is 25.8 Å². The second kappa shape index (κ2) is 6.62. The highest BCUT2D eigenvalue weighted by Crippen LogP contribution is 2.12. The Bertz CT molecular complexity index is 379. The lowest BCUT2D eigenvalue weighted by atomic mass is 10.0. The number of carbonyl (C=O) groups excluding carboxylic acids is 1. The summed E-state index contributed by atoms with van der Waals surface area (Å²) in [5.41, 5.74) is 6.67. The van der Waals surface area contributed by atoms with E-state index in [4.69, 9.17) is 22.1 Å². The van der Waals surface area contributed by atoms with Crippen LogP contribution in [0.2, 0.25) is 5.02 Å². The van der Waals surface area contributed by atoms with Gasteiger partial charge in [-0.15, -0.1) is 0 Å². The molecule has 0 aliphatic rings. The number of nitrogens with two attached hydrogens (primary N) is 1. The Labute approximate surface area is 107 Å². The van der Waals surface area contributed by atoms with Gasteiger partial charge in [0.25, 0.3) is 0 Å². The fraction of sp³-hybridized carbons (Fsp3) is 0.462. The normalized spacial score (nSPS) is 12.5. The molecule has 0 aromatic heterocycles. The molecule has 1 rings (SSSR count). The Kier molecular flexibility index (Phi) is 5.45. The van der Waals surface area contributed by atoms with Gasteiger partial charge in [0.15, 0.2) is 0 Å². The highest BCUT2D eigenvalue weighted by Gasteiger charge is 2.13. The molecule has 0 spiro atoms. The van der Waals surface area contributed by atoms with Crippen molar-refractivity contribution < 1.29 is 9.53 Å². The van der Waals surface area contributed by atoms with Crippen LogP contribution in [0.4, 0.5) is 0 Å². The largest absolute Gasteiger partial charge is 0.461 e. The van der Waals surface area contributed by atoms with E-state index in [1.165, 1.54) is 0 Å². The molecule has 94 valence electrons. The van der Waals surface area contributed by atoms with Crippen molar-refractivity contribution in [3.05, 3.63) is 34.9 Å². The summed E-state index contributed by atoms with van der Waals surface area (Å²) < 4.78 is 5.13. The van der Waals surface area contributed by atoms with Crippen molar-refractivity contribution in [2.75, 3.05) is 0 Å². The zero-order valence-electron chi connectivity index (χ0n) is 10.2. The summed E-state index contributed by atoms with van der Waals surface area (Å²) in [6.45, 7) is 4.20. The number of ether oxygens (including phenoxy) is 1. The van der Waals surface area contributed by atoms with E-state index in [0.29, 0.717) is 5.02 Å². The van der Waals surface area contributed by atoms with Gasteiger partial charge in [0.2, 0.25) is 0 Å². The number of carbonyl (C=O) groups is 1. The van der Waals surface area contributed by atoms with Gasteiger partial charge in [0, 0.05) is 11.1 Å². The fourth-order valence-corrected chi connectivity index (χ4v) is 1.49. The number of esters is 1. The molecule has 1 unspecified atom stereocenters. The van der Waals surface area contributed by atoms with Crippen LogP contribution in [0.5, 0.6) is 0 Å². The summed E-state index contributed by atoms with van der Waals surface area (Å²) in [5, 5.41) is 0.637. The van der Waals surface area contributed by atoms with Crippen LogP contribution >= 0.6 is 11.6 Å². The van der Waals surface area contributed by atoms with Crippen LogP contribution in [0, 0.1) is 5.92 Å². The number of benzene rings is 1. The zero-order valence-corrected chi connectivity index (χ0v) is 10.9. The molecule has 1 aromatic rings. The van der Waals surface area contributed by atoms with Crippen molar-refractivity contribution in [2.24, 2.45) is 11.7 Å². The van der Waals surface area contributed by atoms with Crippen molar-refractivity contribution in [3.63, 3.8) is 0 Å². The van der Waals surface area contributed by atoms with Gasteiger partial charge in [-0.1, -0.05) is 37.6 Å². The quantitative estimate of drug-likeness (QED) is 0.823. The molecule has 0 heterocycles. The van der Waals surface area contributed by atoms with Crippen LogP contribution in [0.15, 0.2) is 24.3 Å². The molecule has 1 atom stereocenters. The van der Waals surface area contributed by atoms with E-state index in [1.54, 1.807) is 12.1 Å². The standard InChI is InChI=1S/C13H18ClNO2/c1-9(2)12(15)7-13(16)17-8-10-4-3-5-11(14)6-10/h3-6,9,12H,7-8,15H2,1-2H3. The summed E-state index contributed by atoms with van der Waals surface area (Å²) in [4.78, 5) is 11.5. The van der Waals surface area contributed by atoms with Gasteiger partial charge in [0.05, 0.1) is 6.42 Å². The molecule has 0 saturated carbocycles. The van der Waals surface area contributed by atoms with E-state index in [9.17, 15) is 4.79 Å². The minimum Gasteiger partial charge on any atom is -0.461 e. The molecule has 2 N–H and O–H groups in total. The average Bonchev–Trinajstić information content (AvgIpc) is 2.26. The Hall–Kier alpha value is -1.06. The second-order valence-corrected chi connectivity index (χ2v) is 4.84. The first kappa shape index (κ1) is 14.0. The smallest absolute Gasteiger partial charge is 0.307 e. The van der Waals surface area contributed by atoms with Crippen molar-refractivity contribution in [1.82, 2.24) is 0 Å². The predicted molar refractivity (Wildman–Crippen MR) is 68.7 cm³/mol. The first-order valence-corrected chi connectivity index (χ1v) is 6.02. The summed E-state index contributed by atoms with van der Waals surface area (Å²) >= 11 is 5.83. The minimum absolute atomic E-state index is 0.151. The van der Waals surface area contributed by atoms with Crippen LogP contribution < -0.4 is 5.73 Å². The average molecular weight is 256 g/mol. The van der Waals surface area contributed by atoms with Crippen LogP contribution in [-0.4, -0.2) is 12.0 Å². The molecule has 0 aliphatic heterocycles. The number of hydrogen-bond acceptors (Lipinski definition) is 3. The van der Waals surface area contributed by atoms with Crippen LogP contribution in [-0.2, 0) is 16.1 Å². The highest BCUT2D eigenvalue weighted by atomic mass is 35.5. The Balaban J connectivity index is 2.38. The lowest BCUT2D eigenvalue weighted by Gasteiger charge is -2.14. The van der Waals surface area contributed by atoms with Gasteiger partial charge in [-0.3, -0.25) is 4.79 Å². The van der Waals surface area contributed by atoms with E-state index in [1.807, 2.05) is 26.0 Å². The van der Waals surface area contributed by atoms with Gasteiger partial charge in [-0.05, 0) is 23.6 Å². The third-order valence-corrected chi connectivity index (χ3v) is 2.78. The van der Waals surface area contributed by atoms with Gasteiger partial charge < -0.3 is 10.5 Å². The van der Waals surface area contributed by atoms with Gasteiger partial charge in [0.1, 0.15) is 6.61 Å². The summed E-state index contributed by atoms with van der Waals surface area (Å²) in [6, 6.07) is 7.09. The first-order chi connectivity index (χ1) is 7.99. The molecule has 0 amide bonds. The van der Waals surface area contributed by atoms with Gasteiger partial charge >= 0.3 is 5.97 Å². The van der Waals surface area contributed by atoms with Crippen molar-refractivity contribution >= 4 is 17.6 Å². The maximum absolute atomic E-state index is 11.5. The molecular weight excluding hydrogens is 238 g/mol. The fourth-order valence-electron chi connectivity index (χ4n) is 1.28. The SMILES string of the molecule is CC(C)C(N)CC(=O)OCc1cccc(Cl)c1. The molecule has 0 fully saturated rings. The van der Waals surface area contributed by atoms with Gasteiger partial charge in [-0.2, -0.15) is 0 Å². The van der Waals surface area contributed by atoms with E-state index >= 15 is 0 Å². The zero-order chi connectivity index (χ0) is 12.8. The molecule has 0 radical (unpaired) electrons. The number of rotatable bonds is 5. The Morgan fingerprint density at radius 2 is 2.18 bits per heavy atom. The van der Waals surface area contributed by atoms with E-state index in [0.717, 1.165) is 5.56 Å². The molecule has 0 aliphatic carbocycles.